The molecule has 0 aliphatic heterocycles. The first-order valence-corrected chi connectivity index (χ1v) is 6.01. The molecule has 0 unspecified atom stereocenters. The number of carboxylic acid groups (broad SMARTS) is 1. The van der Waals surface area contributed by atoms with Crippen LogP contribution >= 0.6 is 11.3 Å². The van der Waals surface area contributed by atoms with Gasteiger partial charge in [0, 0.05) is 11.9 Å². The number of aromatic carboxylic acids is 1. The Morgan fingerprint density at radius 1 is 1.53 bits per heavy atom. The summed E-state index contributed by atoms with van der Waals surface area (Å²) in [7, 11) is 0. The molecule has 0 atom stereocenters. The van der Waals surface area contributed by atoms with Crippen LogP contribution in [-0.4, -0.2) is 16.1 Å². The smallest absolute Gasteiger partial charge is 0.355 e. The normalized spacial score (nSPS) is 10.2. The molecule has 1 aromatic heterocycles. The summed E-state index contributed by atoms with van der Waals surface area (Å²) in [6, 6.07) is 8.14. The zero-order chi connectivity index (χ0) is 12.3. The highest BCUT2D eigenvalue weighted by Crippen LogP contribution is 2.16. The average Bonchev–Trinajstić information content (AvgIpc) is 2.75. The van der Waals surface area contributed by atoms with E-state index in [4.69, 9.17) is 5.11 Å². The standard InChI is InChI=1S/C12H12N2O2S/c1-8-3-2-4-9(5-8)6-13-12-14-10(7-17-12)11(15)16/h2-5,7H,6H2,1H3,(H,13,14)(H,15,16). The lowest BCUT2D eigenvalue weighted by Gasteiger charge is -2.03. The van der Waals surface area contributed by atoms with Crippen molar-refractivity contribution in [3.63, 3.8) is 0 Å². The van der Waals surface area contributed by atoms with E-state index in [-0.39, 0.29) is 5.69 Å². The zero-order valence-electron chi connectivity index (χ0n) is 9.30. The fourth-order valence-electron chi connectivity index (χ4n) is 1.45. The molecular weight excluding hydrogens is 236 g/mol. The molecule has 2 aromatic rings. The molecule has 0 radical (unpaired) electrons. The summed E-state index contributed by atoms with van der Waals surface area (Å²) in [6.45, 7) is 2.68. The number of nitrogens with zero attached hydrogens (tertiary/aromatic N) is 1. The summed E-state index contributed by atoms with van der Waals surface area (Å²) in [6.07, 6.45) is 0. The van der Waals surface area contributed by atoms with Crippen molar-refractivity contribution in [3.05, 3.63) is 46.5 Å². The van der Waals surface area contributed by atoms with Crippen molar-refractivity contribution in [1.82, 2.24) is 4.98 Å². The fourth-order valence-corrected chi connectivity index (χ4v) is 2.14. The maximum absolute atomic E-state index is 10.6. The summed E-state index contributed by atoms with van der Waals surface area (Å²) in [5, 5.41) is 14.0. The molecule has 0 aliphatic carbocycles. The van der Waals surface area contributed by atoms with Gasteiger partial charge >= 0.3 is 5.97 Å². The largest absolute Gasteiger partial charge is 0.476 e. The van der Waals surface area contributed by atoms with Gasteiger partial charge < -0.3 is 10.4 Å². The van der Waals surface area contributed by atoms with Gasteiger partial charge in [-0.3, -0.25) is 0 Å². The fraction of sp³-hybridized carbons (Fsp3) is 0.167. The van der Waals surface area contributed by atoms with Gasteiger partial charge in [0.15, 0.2) is 10.8 Å². The molecule has 1 aromatic carbocycles. The number of aryl methyl sites for hydroxylation is 1. The highest BCUT2D eigenvalue weighted by Gasteiger charge is 2.07. The molecule has 1 heterocycles. The number of rotatable bonds is 4. The second-order valence-corrected chi connectivity index (χ2v) is 4.54. The highest BCUT2D eigenvalue weighted by molar-refractivity contribution is 7.13. The Morgan fingerprint density at radius 2 is 2.35 bits per heavy atom. The monoisotopic (exact) mass is 248 g/mol. The lowest BCUT2D eigenvalue weighted by molar-refractivity contribution is 0.0691. The van der Waals surface area contributed by atoms with Crippen molar-refractivity contribution in [2.24, 2.45) is 0 Å². The van der Waals surface area contributed by atoms with E-state index in [1.54, 1.807) is 0 Å². The van der Waals surface area contributed by atoms with Crippen LogP contribution < -0.4 is 5.32 Å². The summed E-state index contributed by atoms with van der Waals surface area (Å²) in [4.78, 5) is 14.6. The van der Waals surface area contributed by atoms with Crippen molar-refractivity contribution >= 4 is 22.4 Å². The van der Waals surface area contributed by atoms with E-state index in [1.807, 2.05) is 25.1 Å². The number of hydrogen-bond donors (Lipinski definition) is 2. The first-order valence-electron chi connectivity index (χ1n) is 5.13. The van der Waals surface area contributed by atoms with Crippen molar-refractivity contribution in [2.75, 3.05) is 5.32 Å². The van der Waals surface area contributed by atoms with E-state index in [1.165, 1.54) is 22.3 Å². The maximum atomic E-state index is 10.6. The Labute approximate surface area is 103 Å². The van der Waals surface area contributed by atoms with E-state index >= 15 is 0 Å². The second-order valence-electron chi connectivity index (χ2n) is 3.69. The summed E-state index contributed by atoms with van der Waals surface area (Å²) < 4.78 is 0. The van der Waals surface area contributed by atoms with Crippen LogP contribution in [-0.2, 0) is 6.54 Å². The lowest BCUT2D eigenvalue weighted by atomic mass is 10.1. The van der Waals surface area contributed by atoms with Gasteiger partial charge in [0.25, 0.3) is 0 Å². The van der Waals surface area contributed by atoms with Gasteiger partial charge in [-0.15, -0.1) is 11.3 Å². The number of hydrogen-bond acceptors (Lipinski definition) is 4. The first-order chi connectivity index (χ1) is 8.15. The average molecular weight is 248 g/mol. The third-order valence-electron chi connectivity index (χ3n) is 2.25. The number of carbonyl (C=O) groups is 1. The Bertz CT molecular complexity index is 537. The topological polar surface area (TPSA) is 62.2 Å². The van der Waals surface area contributed by atoms with Gasteiger partial charge in [-0.05, 0) is 12.5 Å². The lowest BCUT2D eigenvalue weighted by Crippen LogP contribution is -2.01. The van der Waals surface area contributed by atoms with Crippen molar-refractivity contribution in [2.45, 2.75) is 13.5 Å². The van der Waals surface area contributed by atoms with Crippen molar-refractivity contribution < 1.29 is 9.90 Å². The van der Waals surface area contributed by atoms with Gasteiger partial charge in [0.05, 0.1) is 0 Å². The third kappa shape index (κ3) is 3.04. The number of benzene rings is 1. The highest BCUT2D eigenvalue weighted by atomic mass is 32.1. The van der Waals surface area contributed by atoms with E-state index in [0.29, 0.717) is 11.7 Å². The SMILES string of the molecule is Cc1cccc(CNc2nc(C(=O)O)cs2)c1. The Morgan fingerprint density at radius 3 is 3.00 bits per heavy atom. The van der Waals surface area contributed by atoms with Crippen LogP contribution in [0.3, 0.4) is 0 Å². The molecule has 0 spiro atoms. The van der Waals surface area contributed by atoms with Crippen LogP contribution in [0.1, 0.15) is 21.6 Å². The molecule has 17 heavy (non-hydrogen) atoms. The first kappa shape index (κ1) is 11.6. The molecule has 4 nitrogen and oxygen atoms in total. The van der Waals surface area contributed by atoms with E-state index in [0.717, 1.165) is 5.56 Å². The number of carboxylic acids is 1. The van der Waals surface area contributed by atoms with Crippen LogP contribution in [0.5, 0.6) is 0 Å². The molecule has 2 rings (SSSR count). The molecule has 0 saturated carbocycles. The molecule has 0 fully saturated rings. The zero-order valence-corrected chi connectivity index (χ0v) is 10.1. The molecule has 0 amide bonds. The van der Waals surface area contributed by atoms with Crippen LogP contribution in [0, 0.1) is 6.92 Å². The minimum atomic E-state index is -0.996. The van der Waals surface area contributed by atoms with Gasteiger partial charge in [-0.25, -0.2) is 9.78 Å². The summed E-state index contributed by atoms with van der Waals surface area (Å²) in [5.74, 6) is -0.996. The number of thiazole rings is 1. The Kier molecular flexibility index (Phi) is 3.39. The second kappa shape index (κ2) is 4.97. The predicted octanol–water partition coefficient (Wildman–Crippen LogP) is 2.76. The quantitative estimate of drug-likeness (QED) is 0.873. The van der Waals surface area contributed by atoms with Crippen LogP contribution in [0.25, 0.3) is 0 Å². The Hall–Kier alpha value is -1.88. The van der Waals surface area contributed by atoms with Gasteiger partial charge in [-0.1, -0.05) is 29.8 Å². The molecule has 88 valence electrons. The van der Waals surface area contributed by atoms with Gasteiger partial charge in [0.2, 0.25) is 0 Å². The molecular formula is C12H12N2O2S. The number of aromatic nitrogens is 1. The summed E-state index contributed by atoms with van der Waals surface area (Å²) >= 11 is 1.30. The van der Waals surface area contributed by atoms with E-state index < -0.39 is 5.97 Å². The predicted molar refractivity (Wildman–Crippen MR) is 67.6 cm³/mol. The minimum absolute atomic E-state index is 0.0849. The van der Waals surface area contributed by atoms with Crippen LogP contribution in [0.4, 0.5) is 5.13 Å². The molecule has 5 heteroatoms. The number of anilines is 1. The maximum Gasteiger partial charge on any atom is 0.355 e. The van der Waals surface area contributed by atoms with Crippen molar-refractivity contribution in [3.8, 4) is 0 Å². The van der Waals surface area contributed by atoms with Gasteiger partial charge in [0.1, 0.15) is 0 Å². The van der Waals surface area contributed by atoms with Crippen LogP contribution in [0.2, 0.25) is 0 Å². The molecule has 0 saturated heterocycles. The molecule has 0 aliphatic rings. The Balaban J connectivity index is 2.00. The van der Waals surface area contributed by atoms with E-state index in [2.05, 4.69) is 16.4 Å². The third-order valence-corrected chi connectivity index (χ3v) is 3.05. The number of nitrogens with one attached hydrogen (secondary N) is 1. The van der Waals surface area contributed by atoms with Crippen LogP contribution in [0.15, 0.2) is 29.6 Å². The molecule has 0 bridgehead atoms. The minimum Gasteiger partial charge on any atom is -0.476 e. The van der Waals surface area contributed by atoms with Crippen molar-refractivity contribution in [1.29, 1.82) is 0 Å². The molecule has 2 N–H and O–H groups in total. The van der Waals surface area contributed by atoms with Gasteiger partial charge in [-0.2, -0.15) is 0 Å². The van der Waals surface area contributed by atoms with E-state index in [9.17, 15) is 4.79 Å². The summed E-state index contributed by atoms with van der Waals surface area (Å²) in [5.41, 5.74) is 2.44.